The fraction of sp³-hybridized carbons (Fsp3) is 0.200. The van der Waals surface area contributed by atoms with E-state index in [-0.39, 0.29) is 35.7 Å². The Morgan fingerprint density at radius 3 is 2.44 bits per heavy atom. The number of ether oxygens (including phenoxy) is 3. The number of rotatable bonds is 8. The highest BCUT2D eigenvalue weighted by Gasteiger charge is 2.50. The molecule has 1 unspecified atom stereocenters. The van der Waals surface area contributed by atoms with Gasteiger partial charge in [0.05, 0.1) is 39.2 Å². The zero-order valence-corrected chi connectivity index (χ0v) is 21.7. The third-order valence-electron chi connectivity index (χ3n) is 7.02. The van der Waals surface area contributed by atoms with E-state index in [1.54, 1.807) is 30.5 Å². The number of urea groups is 1. The number of nitrogens with zero attached hydrogens (tertiary/aromatic N) is 3. The van der Waals surface area contributed by atoms with Gasteiger partial charge < -0.3 is 14.2 Å². The van der Waals surface area contributed by atoms with Crippen LogP contribution in [0, 0.1) is 12.7 Å². The van der Waals surface area contributed by atoms with E-state index in [4.69, 9.17) is 14.2 Å². The third kappa shape index (κ3) is 4.77. The molecule has 5 rings (SSSR count). The van der Waals surface area contributed by atoms with Gasteiger partial charge in [-0.25, -0.2) is 18.6 Å². The topological polar surface area (TPSA) is 78.0 Å². The lowest BCUT2D eigenvalue weighted by molar-refractivity contribution is -0.126. The molecule has 1 radical (unpaired) electrons. The monoisotopic (exact) mass is 529 g/mol. The first-order valence-corrected chi connectivity index (χ1v) is 12.4. The number of imide groups is 1. The largest absolute Gasteiger partial charge is 0.493 e. The fourth-order valence-electron chi connectivity index (χ4n) is 4.86. The Kier molecular flexibility index (Phi) is 7.17. The molecule has 1 aliphatic rings. The molecule has 1 fully saturated rings. The van der Waals surface area contributed by atoms with Crippen LogP contribution in [-0.4, -0.2) is 55.7 Å². The highest BCUT2D eigenvalue weighted by atomic mass is 19.1. The number of amides is 3. The van der Waals surface area contributed by atoms with Crippen LogP contribution in [0.2, 0.25) is 0 Å². The molecule has 1 atom stereocenters. The lowest BCUT2D eigenvalue weighted by Crippen LogP contribution is -2.53. The Labute approximate surface area is 225 Å². The van der Waals surface area contributed by atoms with Crippen LogP contribution in [0.4, 0.5) is 14.9 Å². The quantitative estimate of drug-likeness (QED) is 0.279. The molecule has 39 heavy (non-hydrogen) atoms. The van der Waals surface area contributed by atoms with Crippen LogP contribution < -0.4 is 18.7 Å². The number of carbonyl (C=O) groups is 2. The van der Waals surface area contributed by atoms with Crippen molar-refractivity contribution >= 4 is 28.5 Å². The van der Waals surface area contributed by atoms with E-state index < -0.39 is 11.8 Å². The summed E-state index contributed by atoms with van der Waals surface area (Å²) in [5.41, 5.74) is 1.81. The van der Waals surface area contributed by atoms with Crippen LogP contribution >= 0.6 is 0 Å². The SMILES string of the molecule is [CH2]C[N+]1(c2ccc(Oc3ccnc4cc(OC)c(OC)cc34)c(F)c2)CCN(C(=O)Cc2ccccc2)C1=O. The highest BCUT2D eigenvalue weighted by Crippen LogP contribution is 2.39. The van der Waals surface area contributed by atoms with Gasteiger partial charge in [-0.15, -0.1) is 0 Å². The van der Waals surface area contributed by atoms with E-state index in [0.29, 0.717) is 40.4 Å². The molecule has 2 heterocycles. The number of hydrogen-bond acceptors (Lipinski definition) is 6. The maximum absolute atomic E-state index is 15.4. The molecule has 0 bridgehead atoms. The molecule has 3 aromatic carbocycles. The molecule has 0 saturated carbocycles. The second-order valence-corrected chi connectivity index (χ2v) is 9.16. The summed E-state index contributed by atoms with van der Waals surface area (Å²) in [6.45, 7) is 4.62. The summed E-state index contributed by atoms with van der Waals surface area (Å²) in [6, 6.07) is 18.3. The molecule has 0 aliphatic carbocycles. The van der Waals surface area contributed by atoms with Crippen molar-refractivity contribution < 1.29 is 28.2 Å². The summed E-state index contributed by atoms with van der Waals surface area (Å²) in [4.78, 5) is 32.0. The number of benzene rings is 3. The number of quaternary nitrogens is 1. The molecule has 9 heteroatoms. The summed E-state index contributed by atoms with van der Waals surface area (Å²) in [6.07, 6.45) is 1.67. The van der Waals surface area contributed by atoms with E-state index >= 15 is 4.39 Å². The Hall–Kier alpha value is -4.50. The summed E-state index contributed by atoms with van der Waals surface area (Å²) < 4.78 is 31.8. The maximum Gasteiger partial charge on any atom is 0.431 e. The predicted molar refractivity (Wildman–Crippen MR) is 145 cm³/mol. The number of halogens is 1. The van der Waals surface area contributed by atoms with Gasteiger partial charge >= 0.3 is 6.03 Å². The van der Waals surface area contributed by atoms with E-state index in [2.05, 4.69) is 11.9 Å². The van der Waals surface area contributed by atoms with Crippen molar-refractivity contribution in [2.45, 2.75) is 6.42 Å². The van der Waals surface area contributed by atoms with E-state index in [0.717, 1.165) is 5.56 Å². The summed E-state index contributed by atoms with van der Waals surface area (Å²) in [7, 11) is 3.06. The zero-order valence-electron chi connectivity index (χ0n) is 21.7. The lowest BCUT2D eigenvalue weighted by Gasteiger charge is -2.29. The molecule has 1 aromatic heterocycles. The van der Waals surface area contributed by atoms with Gasteiger partial charge in [-0.3, -0.25) is 9.78 Å². The van der Waals surface area contributed by atoms with Crippen molar-refractivity contribution in [1.82, 2.24) is 14.4 Å². The molecule has 1 aliphatic heterocycles. The van der Waals surface area contributed by atoms with Gasteiger partial charge in [-0.1, -0.05) is 30.3 Å². The van der Waals surface area contributed by atoms with Crippen LogP contribution in [-0.2, 0) is 11.2 Å². The van der Waals surface area contributed by atoms with Crippen molar-refractivity contribution in [3.8, 4) is 23.0 Å². The van der Waals surface area contributed by atoms with Crippen LogP contribution in [0.1, 0.15) is 5.56 Å². The zero-order chi connectivity index (χ0) is 27.6. The summed E-state index contributed by atoms with van der Waals surface area (Å²) in [5, 5.41) is 0.613. The van der Waals surface area contributed by atoms with Crippen molar-refractivity contribution in [2.75, 3.05) is 33.9 Å². The number of fused-ring (bicyclic) bond motifs is 1. The first-order chi connectivity index (χ1) is 18.9. The van der Waals surface area contributed by atoms with Crippen LogP contribution in [0.25, 0.3) is 10.9 Å². The lowest BCUT2D eigenvalue weighted by atomic mass is 10.1. The van der Waals surface area contributed by atoms with Crippen molar-refractivity contribution in [2.24, 2.45) is 0 Å². The minimum absolute atomic E-state index is 0.0214. The van der Waals surface area contributed by atoms with Crippen molar-refractivity contribution in [1.29, 1.82) is 0 Å². The molecule has 8 nitrogen and oxygen atoms in total. The number of carbonyl (C=O) groups excluding carboxylic acids is 2. The molecule has 0 spiro atoms. The van der Waals surface area contributed by atoms with Gasteiger partial charge in [-0.2, -0.15) is 0 Å². The van der Waals surface area contributed by atoms with Gasteiger partial charge in [-0.05, 0) is 23.8 Å². The number of pyridine rings is 1. The highest BCUT2D eigenvalue weighted by molar-refractivity contribution is 6.02. The fourth-order valence-corrected chi connectivity index (χ4v) is 4.86. The van der Waals surface area contributed by atoms with E-state index in [1.165, 1.54) is 31.3 Å². The van der Waals surface area contributed by atoms with Crippen LogP contribution in [0.15, 0.2) is 72.9 Å². The second kappa shape index (κ2) is 10.7. The first kappa shape index (κ1) is 26.1. The summed E-state index contributed by atoms with van der Waals surface area (Å²) in [5.74, 6) is 0.413. The minimum Gasteiger partial charge on any atom is -0.493 e. The van der Waals surface area contributed by atoms with Gasteiger partial charge in [0.15, 0.2) is 23.1 Å². The van der Waals surface area contributed by atoms with Crippen molar-refractivity contribution in [3.63, 3.8) is 0 Å². The van der Waals surface area contributed by atoms with E-state index in [1.807, 2.05) is 30.3 Å². The Balaban J connectivity index is 1.41. The molecule has 1 saturated heterocycles. The normalized spacial score (nSPS) is 16.9. The smallest absolute Gasteiger partial charge is 0.431 e. The van der Waals surface area contributed by atoms with Gasteiger partial charge in [0, 0.05) is 36.7 Å². The molecule has 3 amide bonds. The number of hydrogen-bond donors (Lipinski definition) is 0. The van der Waals surface area contributed by atoms with Gasteiger partial charge in [0.25, 0.3) is 0 Å². The average Bonchev–Trinajstić information content (AvgIpc) is 3.31. The Morgan fingerprint density at radius 1 is 1.00 bits per heavy atom. The van der Waals surface area contributed by atoms with Gasteiger partial charge in [0.1, 0.15) is 18.0 Å². The Bertz CT molecular complexity index is 1540. The third-order valence-corrected chi connectivity index (χ3v) is 7.02. The van der Waals surface area contributed by atoms with Crippen LogP contribution in [0.3, 0.4) is 0 Å². The van der Waals surface area contributed by atoms with Crippen molar-refractivity contribution in [3.05, 3.63) is 91.2 Å². The number of aromatic nitrogens is 1. The molecule has 0 N–H and O–H groups in total. The Morgan fingerprint density at radius 2 is 1.74 bits per heavy atom. The number of methoxy groups -OCH3 is 2. The second-order valence-electron chi connectivity index (χ2n) is 9.16. The predicted octanol–water partition coefficient (Wildman–Crippen LogP) is 5.53. The summed E-state index contributed by atoms with van der Waals surface area (Å²) >= 11 is 0. The van der Waals surface area contributed by atoms with E-state index in [9.17, 15) is 9.59 Å². The standard InChI is InChI=1S/C30H28FN3O5/c1-4-34(15-14-33(30(34)36)29(35)16-20-8-6-5-7-9-20)21-10-11-26(23(31)17-21)39-25-12-13-32-24-19-28(38-3)27(37-2)18-22(24)25/h5-13,17-19H,1,4,14-16H2,2-3H3/q+1. The molecular formula is C30H28FN3O5+. The van der Waals surface area contributed by atoms with Gasteiger partial charge in [0.2, 0.25) is 5.91 Å². The molecule has 199 valence electrons. The molecular weight excluding hydrogens is 501 g/mol. The maximum atomic E-state index is 15.4. The first-order valence-electron chi connectivity index (χ1n) is 12.4. The minimum atomic E-state index is -0.647. The van der Waals surface area contributed by atoms with Crippen LogP contribution in [0.5, 0.6) is 23.0 Å². The average molecular weight is 530 g/mol. The molecule has 4 aromatic rings.